The number of nitrogens with zero attached hydrogens (tertiary/aromatic N) is 3. The van der Waals surface area contributed by atoms with Crippen molar-refractivity contribution >= 4 is 29.2 Å². The Balaban J connectivity index is 1.76. The highest BCUT2D eigenvalue weighted by molar-refractivity contribution is 6.30. The monoisotopic (exact) mass is 503 g/mol. The highest BCUT2D eigenvalue weighted by Crippen LogP contribution is 2.55. The van der Waals surface area contributed by atoms with E-state index in [9.17, 15) is 28.7 Å². The Morgan fingerprint density at radius 3 is 2.60 bits per heavy atom. The molecular formula is C25H27ClFN3O5. The first kappa shape index (κ1) is 24.9. The first-order valence-electron chi connectivity index (χ1n) is 11.4. The number of amides is 2. The number of aryl methyl sites for hydroxylation is 1. The van der Waals surface area contributed by atoms with Crippen LogP contribution in [0.2, 0.25) is 5.02 Å². The molecule has 10 heteroatoms. The number of fused-ring (bicyclic) bond motifs is 2. The minimum Gasteiger partial charge on any atom is -0.503 e. The Morgan fingerprint density at radius 1 is 1.29 bits per heavy atom. The van der Waals surface area contributed by atoms with Gasteiger partial charge in [-0.3, -0.25) is 19.2 Å². The van der Waals surface area contributed by atoms with Gasteiger partial charge in [0.05, 0.1) is 22.0 Å². The lowest BCUT2D eigenvalue weighted by atomic mass is 9.99. The Morgan fingerprint density at radius 2 is 1.97 bits per heavy atom. The molecule has 0 radical (unpaired) electrons. The number of benzene rings is 1. The van der Waals surface area contributed by atoms with Gasteiger partial charge in [0.25, 0.3) is 5.91 Å². The Kier molecular flexibility index (Phi) is 6.25. The predicted molar refractivity (Wildman–Crippen MR) is 127 cm³/mol. The first-order valence-corrected chi connectivity index (χ1v) is 11.8. The van der Waals surface area contributed by atoms with Crippen LogP contribution >= 0.6 is 11.6 Å². The Labute approximate surface area is 206 Å². The number of Topliss-reactive ketones (excluding diaryl/α,β-unsaturated/α-hetero) is 1. The van der Waals surface area contributed by atoms with Crippen LogP contribution in [0, 0.1) is 11.7 Å². The van der Waals surface area contributed by atoms with Gasteiger partial charge in [-0.25, -0.2) is 4.39 Å². The summed E-state index contributed by atoms with van der Waals surface area (Å²) in [7, 11) is 3.27. The fourth-order valence-electron chi connectivity index (χ4n) is 4.84. The van der Waals surface area contributed by atoms with Gasteiger partial charge in [-0.1, -0.05) is 23.7 Å². The van der Waals surface area contributed by atoms with Crippen LogP contribution in [0.3, 0.4) is 0 Å². The minimum absolute atomic E-state index is 0.000120. The zero-order valence-corrected chi connectivity index (χ0v) is 20.7. The third-order valence-corrected chi connectivity index (χ3v) is 7.22. The molecule has 4 rings (SSSR count). The summed E-state index contributed by atoms with van der Waals surface area (Å²) in [5.74, 6) is -3.21. The van der Waals surface area contributed by atoms with Crippen LogP contribution in [0.4, 0.5) is 4.39 Å². The molecule has 35 heavy (non-hydrogen) atoms. The number of rotatable bonds is 6. The molecule has 8 nitrogen and oxygen atoms in total. The molecular weight excluding hydrogens is 477 g/mol. The highest BCUT2D eigenvalue weighted by atomic mass is 35.5. The van der Waals surface area contributed by atoms with Crippen molar-refractivity contribution < 1.29 is 23.9 Å². The molecule has 1 aromatic carbocycles. The third-order valence-electron chi connectivity index (χ3n) is 6.93. The van der Waals surface area contributed by atoms with Crippen molar-refractivity contribution in [2.75, 3.05) is 20.6 Å². The number of aromatic nitrogens is 1. The van der Waals surface area contributed by atoms with Gasteiger partial charge in [-0.05, 0) is 38.3 Å². The molecule has 1 aromatic heterocycles. The number of pyridine rings is 1. The van der Waals surface area contributed by atoms with Gasteiger partial charge in [-0.2, -0.15) is 0 Å². The average Bonchev–Trinajstić information content (AvgIpc) is 3.52. The number of ketones is 1. The number of carbonyl (C=O) groups is 3. The van der Waals surface area contributed by atoms with Crippen molar-refractivity contribution in [2.45, 2.75) is 44.7 Å². The van der Waals surface area contributed by atoms with Gasteiger partial charge in [0.2, 0.25) is 11.3 Å². The van der Waals surface area contributed by atoms with Gasteiger partial charge >= 0.3 is 0 Å². The van der Waals surface area contributed by atoms with Gasteiger partial charge in [-0.15, -0.1) is 0 Å². The number of hydrogen-bond donors (Lipinski definition) is 1. The van der Waals surface area contributed by atoms with Crippen molar-refractivity contribution in [3.63, 3.8) is 0 Å². The van der Waals surface area contributed by atoms with Crippen LogP contribution in [0.15, 0.2) is 29.2 Å². The number of halogens is 2. The van der Waals surface area contributed by atoms with E-state index < -0.39 is 40.1 Å². The quantitative estimate of drug-likeness (QED) is 0.611. The van der Waals surface area contributed by atoms with Gasteiger partial charge in [0.1, 0.15) is 5.82 Å². The SMILES string of the molecule is CC(C)N1C[C@]2(C[C@H]2C(=O)N(C)C)n2cc(C(=O)CCc3cccc(Cl)c3F)c(=O)c(O)c2C1=O. The summed E-state index contributed by atoms with van der Waals surface area (Å²) >= 11 is 5.81. The zero-order chi connectivity index (χ0) is 25.8. The van der Waals surface area contributed by atoms with E-state index in [4.69, 9.17) is 11.6 Å². The smallest absolute Gasteiger partial charge is 0.274 e. The normalized spacial score (nSPS) is 20.8. The Hall–Kier alpha value is -3.20. The molecule has 1 aliphatic heterocycles. The zero-order valence-electron chi connectivity index (χ0n) is 20.0. The summed E-state index contributed by atoms with van der Waals surface area (Å²) < 4.78 is 15.7. The van der Waals surface area contributed by atoms with Crippen LogP contribution in [0.5, 0.6) is 5.75 Å². The number of carbonyl (C=O) groups excluding carboxylic acids is 3. The fraction of sp³-hybridized carbons (Fsp3) is 0.440. The number of hydrogen-bond acceptors (Lipinski definition) is 5. The molecule has 1 fully saturated rings. The summed E-state index contributed by atoms with van der Waals surface area (Å²) in [4.78, 5) is 55.0. The van der Waals surface area contributed by atoms with Crippen LogP contribution in [0.25, 0.3) is 0 Å². The summed E-state index contributed by atoms with van der Waals surface area (Å²) in [6.07, 6.45) is 1.48. The van der Waals surface area contributed by atoms with Crippen molar-refractivity contribution in [3.8, 4) is 5.75 Å². The fourth-order valence-corrected chi connectivity index (χ4v) is 5.03. The molecule has 2 amide bonds. The van der Waals surface area contributed by atoms with E-state index in [2.05, 4.69) is 0 Å². The average molecular weight is 504 g/mol. The van der Waals surface area contributed by atoms with Gasteiger partial charge in [0.15, 0.2) is 17.2 Å². The molecule has 2 aliphatic rings. The second kappa shape index (κ2) is 8.78. The highest BCUT2D eigenvalue weighted by Gasteiger charge is 2.64. The van der Waals surface area contributed by atoms with Crippen molar-refractivity contribution in [3.05, 3.63) is 62.3 Å². The first-order chi connectivity index (χ1) is 16.4. The molecule has 1 spiro atoms. The van der Waals surface area contributed by atoms with E-state index in [1.54, 1.807) is 20.2 Å². The molecule has 186 valence electrons. The molecule has 1 aliphatic carbocycles. The minimum atomic E-state index is -0.960. The lowest BCUT2D eigenvalue weighted by Crippen LogP contribution is -2.52. The molecule has 2 aromatic rings. The predicted octanol–water partition coefficient (Wildman–Crippen LogP) is 2.83. The second-order valence-electron chi connectivity index (χ2n) is 9.69. The van der Waals surface area contributed by atoms with Crippen molar-refractivity contribution in [1.82, 2.24) is 14.4 Å². The van der Waals surface area contributed by atoms with E-state index in [-0.39, 0.29) is 53.2 Å². The maximum atomic E-state index is 14.2. The van der Waals surface area contributed by atoms with E-state index in [1.807, 2.05) is 13.8 Å². The molecule has 1 N–H and O–H groups in total. The topological polar surface area (TPSA) is 99.9 Å². The van der Waals surface area contributed by atoms with Crippen molar-refractivity contribution in [1.29, 1.82) is 0 Å². The molecule has 0 unspecified atom stereocenters. The Bertz CT molecular complexity index is 1300. The molecule has 2 atom stereocenters. The van der Waals surface area contributed by atoms with Gasteiger partial charge in [0, 0.05) is 39.3 Å². The summed E-state index contributed by atoms with van der Waals surface area (Å²) in [6, 6.07) is 4.23. The maximum absolute atomic E-state index is 14.2. The largest absolute Gasteiger partial charge is 0.503 e. The summed E-state index contributed by atoms with van der Waals surface area (Å²) in [5.41, 5.74) is -2.12. The summed E-state index contributed by atoms with van der Waals surface area (Å²) in [6.45, 7) is 3.84. The molecule has 2 heterocycles. The van der Waals surface area contributed by atoms with Crippen LogP contribution in [0.1, 0.15) is 53.1 Å². The third kappa shape index (κ3) is 4.01. The van der Waals surface area contributed by atoms with E-state index in [0.717, 1.165) is 0 Å². The second-order valence-corrected chi connectivity index (χ2v) is 10.1. The van der Waals surface area contributed by atoms with E-state index in [1.165, 1.54) is 32.7 Å². The molecule has 0 bridgehead atoms. The lowest BCUT2D eigenvalue weighted by Gasteiger charge is -2.39. The van der Waals surface area contributed by atoms with Crippen LogP contribution < -0.4 is 5.43 Å². The number of aromatic hydroxyl groups is 1. The summed E-state index contributed by atoms with van der Waals surface area (Å²) in [5, 5.41) is 10.7. The lowest BCUT2D eigenvalue weighted by molar-refractivity contribution is -0.131. The van der Waals surface area contributed by atoms with Crippen LogP contribution in [-0.4, -0.2) is 63.8 Å². The standard InChI is InChI=1S/C25H27ClFN3O5/c1-13(2)29-12-25(10-16(25)23(34)28(3)4)30-11-15(21(32)22(33)20(30)24(29)35)18(31)9-8-14-6-5-7-17(26)19(14)27/h5-7,11,13,16,33H,8-10,12H2,1-4H3/t16-,25-/m0/s1. The van der Waals surface area contributed by atoms with Crippen molar-refractivity contribution in [2.24, 2.45) is 5.92 Å². The molecule has 1 saturated carbocycles. The van der Waals surface area contributed by atoms with Crippen LogP contribution in [-0.2, 0) is 16.8 Å². The maximum Gasteiger partial charge on any atom is 0.274 e. The van der Waals surface area contributed by atoms with E-state index >= 15 is 0 Å². The van der Waals surface area contributed by atoms with Gasteiger partial charge < -0.3 is 19.5 Å². The molecule has 0 saturated heterocycles. The van der Waals surface area contributed by atoms with E-state index in [0.29, 0.717) is 6.42 Å².